The molecular weight excluding hydrogens is 170 g/mol. The van der Waals surface area contributed by atoms with Gasteiger partial charge in [-0.1, -0.05) is 38.1 Å². The lowest BCUT2D eigenvalue weighted by Crippen LogP contribution is -2.34. The van der Waals surface area contributed by atoms with E-state index in [1.165, 1.54) is 30.5 Å². The van der Waals surface area contributed by atoms with Crippen LogP contribution in [0.15, 0.2) is 24.3 Å². The van der Waals surface area contributed by atoms with E-state index in [0.717, 1.165) is 5.92 Å². The molecule has 0 saturated carbocycles. The third-order valence-electron chi connectivity index (χ3n) is 2.85. The van der Waals surface area contributed by atoms with Crippen LogP contribution in [0.3, 0.4) is 0 Å². The van der Waals surface area contributed by atoms with Crippen molar-refractivity contribution in [2.24, 2.45) is 5.92 Å². The Labute approximate surface area is 86.5 Å². The molecule has 0 aliphatic carbocycles. The predicted octanol–water partition coefficient (Wildman–Crippen LogP) is 2.92. The van der Waals surface area contributed by atoms with E-state index in [9.17, 15) is 0 Å². The summed E-state index contributed by atoms with van der Waals surface area (Å²) in [5, 5.41) is 3.42. The molecule has 0 bridgehead atoms. The van der Waals surface area contributed by atoms with Crippen LogP contribution < -0.4 is 5.32 Å². The van der Waals surface area contributed by atoms with E-state index in [1.54, 1.807) is 0 Å². The van der Waals surface area contributed by atoms with Gasteiger partial charge in [-0.2, -0.15) is 0 Å². The molecule has 1 fully saturated rings. The first-order chi connectivity index (χ1) is 6.75. The van der Waals surface area contributed by atoms with Crippen molar-refractivity contribution in [3.05, 3.63) is 35.4 Å². The van der Waals surface area contributed by atoms with E-state index in [1.807, 2.05) is 0 Å². The van der Waals surface area contributed by atoms with Gasteiger partial charge in [0.25, 0.3) is 0 Å². The summed E-state index contributed by atoms with van der Waals surface area (Å²) in [7, 11) is 0. The van der Waals surface area contributed by atoms with Crippen LogP contribution in [0.4, 0.5) is 0 Å². The highest BCUT2D eigenvalue weighted by Crippen LogP contribution is 2.23. The Morgan fingerprint density at radius 3 is 2.36 bits per heavy atom. The SMILES string of the molecule is CC(C)Cc1ccc([C@@H]2CCN2)cc1. The number of rotatable bonds is 3. The minimum absolute atomic E-state index is 0.628. The van der Waals surface area contributed by atoms with Crippen molar-refractivity contribution in [2.75, 3.05) is 6.54 Å². The summed E-state index contributed by atoms with van der Waals surface area (Å²) in [4.78, 5) is 0. The topological polar surface area (TPSA) is 12.0 Å². The van der Waals surface area contributed by atoms with Crippen molar-refractivity contribution in [3.63, 3.8) is 0 Å². The summed E-state index contributed by atoms with van der Waals surface area (Å²) >= 11 is 0. The first-order valence-corrected chi connectivity index (χ1v) is 5.58. The minimum atomic E-state index is 0.628. The maximum absolute atomic E-state index is 3.42. The Balaban J connectivity index is 2.02. The molecular formula is C13H19N. The molecule has 1 aliphatic rings. The number of benzene rings is 1. The second-order valence-electron chi connectivity index (χ2n) is 4.63. The molecule has 76 valence electrons. The third kappa shape index (κ3) is 2.16. The first-order valence-electron chi connectivity index (χ1n) is 5.58. The van der Waals surface area contributed by atoms with Crippen LogP contribution in [0, 0.1) is 5.92 Å². The summed E-state index contributed by atoms with van der Waals surface area (Å²) in [6.45, 7) is 5.71. The lowest BCUT2D eigenvalue weighted by molar-refractivity contribution is 0.383. The minimum Gasteiger partial charge on any atom is -0.310 e. The van der Waals surface area contributed by atoms with Gasteiger partial charge in [0.05, 0.1) is 0 Å². The van der Waals surface area contributed by atoms with Crippen LogP contribution in [0.25, 0.3) is 0 Å². The average molecular weight is 189 g/mol. The standard InChI is InChI=1S/C13H19N/c1-10(2)9-11-3-5-12(6-4-11)13-7-8-14-13/h3-6,10,13-14H,7-9H2,1-2H3/t13-/m0/s1. The highest BCUT2D eigenvalue weighted by atomic mass is 15.0. The van der Waals surface area contributed by atoms with Crippen LogP contribution in [0.2, 0.25) is 0 Å². The van der Waals surface area contributed by atoms with Gasteiger partial charge in [-0.3, -0.25) is 0 Å². The Hall–Kier alpha value is -0.820. The van der Waals surface area contributed by atoms with Crippen LogP contribution in [0.5, 0.6) is 0 Å². The molecule has 0 spiro atoms. The molecule has 1 aliphatic heterocycles. The van der Waals surface area contributed by atoms with Crippen molar-refractivity contribution >= 4 is 0 Å². The molecule has 1 N–H and O–H groups in total. The van der Waals surface area contributed by atoms with Gasteiger partial charge in [0.2, 0.25) is 0 Å². The molecule has 14 heavy (non-hydrogen) atoms. The summed E-state index contributed by atoms with van der Waals surface area (Å²) in [6, 6.07) is 9.72. The van der Waals surface area contributed by atoms with Gasteiger partial charge in [-0.25, -0.2) is 0 Å². The van der Waals surface area contributed by atoms with Gasteiger partial charge in [0.1, 0.15) is 0 Å². The van der Waals surface area contributed by atoms with Crippen LogP contribution in [-0.2, 0) is 6.42 Å². The Morgan fingerprint density at radius 2 is 1.93 bits per heavy atom. The van der Waals surface area contributed by atoms with E-state index in [4.69, 9.17) is 0 Å². The second-order valence-corrected chi connectivity index (χ2v) is 4.63. The molecule has 1 heterocycles. The van der Waals surface area contributed by atoms with E-state index in [-0.39, 0.29) is 0 Å². The van der Waals surface area contributed by atoms with Gasteiger partial charge in [0, 0.05) is 6.04 Å². The predicted molar refractivity (Wildman–Crippen MR) is 60.3 cm³/mol. The largest absolute Gasteiger partial charge is 0.310 e. The van der Waals surface area contributed by atoms with Gasteiger partial charge < -0.3 is 5.32 Å². The van der Waals surface area contributed by atoms with Crippen molar-refractivity contribution in [3.8, 4) is 0 Å². The Morgan fingerprint density at radius 1 is 1.29 bits per heavy atom. The highest BCUT2D eigenvalue weighted by molar-refractivity contribution is 5.26. The Kier molecular flexibility index (Phi) is 2.87. The van der Waals surface area contributed by atoms with E-state index in [0.29, 0.717) is 6.04 Å². The van der Waals surface area contributed by atoms with Crippen molar-refractivity contribution in [2.45, 2.75) is 32.7 Å². The fourth-order valence-corrected chi connectivity index (χ4v) is 1.93. The van der Waals surface area contributed by atoms with E-state index >= 15 is 0 Å². The second kappa shape index (κ2) is 4.14. The van der Waals surface area contributed by atoms with E-state index < -0.39 is 0 Å². The molecule has 1 atom stereocenters. The number of hydrogen-bond acceptors (Lipinski definition) is 1. The maximum Gasteiger partial charge on any atom is 0.0332 e. The van der Waals surface area contributed by atoms with Crippen LogP contribution in [-0.4, -0.2) is 6.54 Å². The van der Waals surface area contributed by atoms with Crippen molar-refractivity contribution in [1.82, 2.24) is 5.32 Å². The maximum atomic E-state index is 3.42. The Bertz CT molecular complexity index is 283. The molecule has 1 heteroatoms. The quantitative estimate of drug-likeness (QED) is 0.771. The normalized spacial score (nSPS) is 20.9. The average Bonchev–Trinajstić information content (AvgIpc) is 2.04. The van der Waals surface area contributed by atoms with Crippen molar-refractivity contribution < 1.29 is 0 Å². The molecule has 1 saturated heterocycles. The molecule has 2 rings (SSSR count). The molecule has 1 nitrogen and oxygen atoms in total. The van der Waals surface area contributed by atoms with Crippen LogP contribution in [0.1, 0.15) is 37.4 Å². The van der Waals surface area contributed by atoms with Gasteiger partial charge >= 0.3 is 0 Å². The molecule has 0 aromatic heterocycles. The summed E-state index contributed by atoms with van der Waals surface area (Å²) in [5.41, 5.74) is 2.91. The number of nitrogens with one attached hydrogen (secondary N) is 1. The summed E-state index contributed by atoms with van der Waals surface area (Å²) in [5.74, 6) is 0.752. The molecule has 0 amide bonds. The summed E-state index contributed by atoms with van der Waals surface area (Å²) in [6.07, 6.45) is 2.49. The highest BCUT2D eigenvalue weighted by Gasteiger charge is 2.17. The zero-order valence-corrected chi connectivity index (χ0v) is 9.09. The van der Waals surface area contributed by atoms with Gasteiger partial charge in [-0.05, 0) is 36.4 Å². The number of hydrogen-bond donors (Lipinski definition) is 1. The molecule has 1 aromatic carbocycles. The first kappa shape index (κ1) is 9.72. The van der Waals surface area contributed by atoms with E-state index in [2.05, 4.69) is 43.4 Å². The lowest BCUT2D eigenvalue weighted by atomic mass is 9.95. The third-order valence-corrected chi connectivity index (χ3v) is 2.85. The smallest absolute Gasteiger partial charge is 0.0332 e. The van der Waals surface area contributed by atoms with Crippen LogP contribution >= 0.6 is 0 Å². The van der Waals surface area contributed by atoms with Gasteiger partial charge in [-0.15, -0.1) is 0 Å². The lowest BCUT2D eigenvalue weighted by Gasteiger charge is -2.28. The zero-order valence-electron chi connectivity index (χ0n) is 9.09. The monoisotopic (exact) mass is 189 g/mol. The molecule has 1 aromatic rings. The summed E-state index contributed by atoms with van der Waals surface area (Å²) < 4.78 is 0. The molecule has 0 unspecified atom stereocenters. The van der Waals surface area contributed by atoms with Gasteiger partial charge in [0.15, 0.2) is 0 Å². The van der Waals surface area contributed by atoms with Crippen molar-refractivity contribution in [1.29, 1.82) is 0 Å². The fourth-order valence-electron chi connectivity index (χ4n) is 1.93. The molecule has 0 radical (unpaired) electrons. The fraction of sp³-hybridized carbons (Fsp3) is 0.538. The zero-order chi connectivity index (χ0) is 9.97.